The molecule has 0 unspecified atom stereocenters. The van der Waals surface area contributed by atoms with Crippen LogP contribution in [0.3, 0.4) is 0 Å². The smallest absolute Gasteiger partial charge is 0.122 e. The monoisotopic (exact) mass is 362 g/mol. The highest BCUT2D eigenvalue weighted by Crippen LogP contribution is 3.03. The highest BCUT2D eigenvalue weighted by Gasteiger charge is 2.67. The third-order valence-corrected chi connectivity index (χ3v) is 6.06. The summed E-state index contributed by atoms with van der Waals surface area (Å²) >= 11 is 1.75. The lowest BCUT2D eigenvalue weighted by Gasteiger charge is -2.43. The topological polar surface area (TPSA) is 0 Å². The van der Waals surface area contributed by atoms with Crippen molar-refractivity contribution >= 4 is 33.7 Å². The first kappa shape index (κ1) is 18.4. The molecule has 120 valence electrons. The molecule has 0 aliphatic carbocycles. The van der Waals surface area contributed by atoms with Gasteiger partial charge in [0.15, 0.2) is 0 Å². The van der Waals surface area contributed by atoms with Crippen molar-refractivity contribution in [3.63, 3.8) is 0 Å². The minimum absolute atomic E-state index is 0.124. The van der Waals surface area contributed by atoms with Gasteiger partial charge in [-0.15, -0.1) is 36.7 Å². The number of thioether (sulfide) groups is 2. The zero-order valence-corrected chi connectivity index (χ0v) is 13.7. The van der Waals surface area contributed by atoms with E-state index in [9.17, 15) is 19.4 Å². The molecule has 0 aliphatic heterocycles. The molecule has 0 fully saturated rings. The van der Waals surface area contributed by atoms with E-state index < -0.39 is 25.6 Å². The van der Waals surface area contributed by atoms with E-state index >= 15 is 0 Å². The molecule has 1 aromatic rings. The third kappa shape index (κ3) is 4.96. The molecule has 0 nitrogen and oxygen atoms in total. The molecular weight excluding hydrogens is 347 g/mol. The Balaban J connectivity index is 3.54. The summed E-state index contributed by atoms with van der Waals surface area (Å²) in [4.78, 5) is -2.06. The Hall–Kier alpha value is -0.600. The van der Waals surface area contributed by atoms with E-state index in [2.05, 4.69) is 13.2 Å². The van der Waals surface area contributed by atoms with E-state index in [4.69, 9.17) is 0 Å². The van der Waals surface area contributed by atoms with E-state index in [1.165, 1.54) is 18.2 Å². The lowest BCUT2D eigenvalue weighted by atomic mass is 10.2. The third-order valence-electron chi connectivity index (χ3n) is 2.42. The summed E-state index contributed by atoms with van der Waals surface area (Å²) in [6, 6.07) is 2.53. The number of hydrogen-bond donors (Lipinski definition) is 0. The molecule has 0 saturated carbocycles. The summed E-state index contributed by atoms with van der Waals surface area (Å²) in [6.07, 6.45) is 2.87. The molecule has 0 aromatic heterocycles. The molecule has 8 heteroatoms. The highest BCUT2D eigenvalue weighted by atomic mass is 32.5. The number of halogens is 5. The maximum absolute atomic E-state index is 13.3. The van der Waals surface area contributed by atoms with Crippen LogP contribution in [0.5, 0.6) is 0 Å². The van der Waals surface area contributed by atoms with Gasteiger partial charge in [0, 0.05) is 21.3 Å². The molecule has 0 heterocycles. The SMILES string of the molecule is C=CCSc1ccc(SCC=C)c(S(F)(F)(F)(F)F)c1C. The lowest BCUT2D eigenvalue weighted by Crippen LogP contribution is -2.10. The van der Waals surface area contributed by atoms with Crippen LogP contribution in [-0.4, -0.2) is 11.5 Å². The first-order chi connectivity index (χ1) is 9.40. The van der Waals surface area contributed by atoms with Crippen LogP contribution in [0.1, 0.15) is 5.56 Å². The largest absolute Gasteiger partial charge is 0.311 e. The van der Waals surface area contributed by atoms with Gasteiger partial charge in [0.2, 0.25) is 0 Å². The Morgan fingerprint density at radius 3 is 1.81 bits per heavy atom. The van der Waals surface area contributed by atoms with Crippen molar-refractivity contribution in [2.45, 2.75) is 21.6 Å². The molecule has 0 atom stereocenters. The Morgan fingerprint density at radius 1 is 0.952 bits per heavy atom. The molecule has 0 amide bonds. The van der Waals surface area contributed by atoms with Gasteiger partial charge < -0.3 is 0 Å². The minimum atomic E-state index is -9.76. The van der Waals surface area contributed by atoms with Crippen molar-refractivity contribution in [1.29, 1.82) is 0 Å². The first-order valence-electron chi connectivity index (χ1n) is 5.75. The second-order valence-corrected chi connectivity index (χ2v) is 8.65. The molecule has 1 aromatic carbocycles. The highest BCUT2D eigenvalue weighted by molar-refractivity contribution is 8.46. The quantitative estimate of drug-likeness (QED) is 0.285. The van der Waals surface area contributed by atoms with Gasteiger partial charge in [-0.2, -0.15) is 0 Å². The van der Waals surface area contributed by atoms with Gasteiger partial charge in [0.25, 0.3) is 0 Å². The van der Waals surface area contributed by atoms with Crippen LogP contribution >= 0.6 is 33.7 Å². The Morgan fingerprint density at radius 2 is 1.38 bits per heavy atom. The molecule has 0 saturated heterocycles. The number of benzene rings is 1. The molecule has 0 aliphatic rings. The van der Waals surface area contributed by atoms with Crippen molar-refractivity contribution < 1.29 is 19.4 Å². The zero-order valence-electron chi connectivity index (χ0n) is 11.3. The van der Waals surface area contributed by atoms with Crippen LogP contribution in [0.25, 0.3) is 0 Å². The summed E-state index contributed by atoms with van der Waals surface area (Å²) in [5.41, 5.74) is -0.435. The van der Waals surface area contributed by atoms with E-state index in [0.29, 0.717) is 17.5 Å². The van der Waals surface area contributed by atoms with Crippen molar-refractivity contribution in [3.05, 3.63) is 43.0 Å². The van der Waals surface area contributed by atoms with Crippen LogP contribution in [0.2, 0.25) is 0 Å². The van der Waals surface area contributed by atoms with E-state index in [-0.39, 0.29) is 10.6 Å². The fraction of sp³-hybridized carbons (Fsp3) is 0.231. The maximum atomic E-state index is 13.3. The second kappa shape index (κ2) is 5.55. The average molecular weight is 362 g/mol. The van der Waals surface area contributed by atoms with Crippen molar-refractivity contribution in [3.8, 4) is 0 Å². The molecule has 0 radical (unpaired) electrons. The first-order valence-corrected chi connectivity index (χ1v) is 9.68. The molecular formula is C13H15F5S3. The normalized spacial score (nSPS) is 15.1. The van der Waals surface area contributed by atoms with Gasteiger partial charge in [0.05, 0.1) is 0 Å². The minimum Gasteiger partial charge on any atom is -0.122 e. The second-order valence-electron chi connectivity index (χ2n) is 4.18. The summed E-state index contributed by atoms with van der Waals surface area (Å²) in [5, 5.41) is 0. The standard InChI is InChI=1S/C13H15F5S3/c1-4-8-19-11-6-7-12(20-9-5-2)13(10(11)3)21(14,15,16,17)18/h4-7H,1-2,8-9H2,3H3. The predicted octanol–water partition coefficient (Wildman–Crippen LogP) is 7.21. The van der Waals surface area contributed by atoms with Crippen LogP contribution < -0.4 is 0 Å². The summed E-state index contributed by atoms with van der Waals surface area (Å²) in [6.45, 7) is 7.93. The maximum Gasteiger partial charge on any atom is 0.311 e. The van der Waals surface area contributed by atoms with Gasteiger partial charge in [-0.1, -0.05) is 31.6 Å². The van der Waals surface area contributed by atoms with Crippen LogP contribution in [0.15, 0.2) is 52.1 Å². The molecule has 1 rings (SSSR count). The van der Waals surface area contributed by atoms with E-state index in [1.54, 1.807) is 0 Å². The summed E-state index contributed by atoms with van der Waals surface area (Å²) in [5.74, 6) is 0.471. The van der Waals surface area contributed by atoms with Gasteiger partial charge in [-0.05, 0) is 24.6 Å². The fourth-order valence-corrected chi connectivity index (χ4v) is 5.07. The number of rotatable bonds is 7. The van der Waals surface area contributed by atoms with Gasteiger partial charge in [-0.3, -0.25) is 0 Å². The van der Waals surface area contributed by atoms with Crippen LogP contribution in [0.4, 0.5) is 19.4 Å². The van der Waals surface area contributed by atoms with E-state index in [0.717, 1.165) is 24.8 Å². The molecule has 0 bridgehead atoms. The molecule has 0 spiro atoms. The average Bonchev–Trinajstić information content (AvgIpc) is 2.31. The Labute approximate surface area is 129 Å². The Bertz CT molecular complexity index is 563. The van der Waals surface area contributed by atoms with Crippen LogP contribution in [0, 0.1) is 6.92 Å². The van der Waals surface area contributed by atoms with Gasteiger partial charge in [0.1, 0.15) is 4.90 Å². The van der Waals surface area contributed by atoms with Gasteiger partial charge in [-0.25, -0.2) is 0 Å². The summed E-state index contributed by atoms with van der Waals surface area (Å²) < 4.78 is 66.6. The lowest BCUT2D eigenvalue weighted by molar-refractivity contribution is 0.359. The molecule has 0 N–H and O–H groups in total. The summed E-state index contributed by atoms with van der Waals surface area (Å²) in [7, 11) is -9.76. The van der Waals surface area contributed by atoms with Gasteiger partial charge >= 0.3 is 10.2 Å². The fourth-order valence-electron chi connectivity index (χ4n) is 1.70. The number of hydrogen-bond acceptors (Lipinski definition) is 2. The Kier molecular flexibility index (Phi) is 4.88. The van der Waals surface area contributed by atoms with E-state index in [1.807, 2.05) is 0 Å². The van der Waals surface area contributed by atoms with Crippen LogP contribution in [-0.2, 0) is 0 Å². The van der Waals surface area contributed by atoms with Crippen molar-refractivity contribution in [1.82, 2.24) is 0 Å². The molecule has 21 heavy (non-hydrogen) atoms. The zero-order chi connectivity index (χ0) is 16.4. The predicted molar refractivity (Wildman–Crippen MR) is 84.4 cm³/mol. The van der Waals surface area contributed by atoms with Crippen molar-refractivity contribution in [2.24, 2.45) is 0 Å². The van der Waals surface area contributed by atoms with Crippen molar-refractivity contribution in [2.75, 3.05) is 11.5 Å².